The van der Waals surface area contributed by atoms with E-state index < -0.39 is 0 Å². The van der Waals surface area contributed by atoms with Crippen LogP contribution < -0.4 is 4.90 Å². The van der Waals surface area contributed by atoms with E-state index in [4.69, 9.17) is 0 Å². The Morgan fingerprint density at radius 3 is 1.44 bits per heavy atom. The molecule has 292 valence electrons. The quantitative estimate of drug-likeness (QED) is 0.141. The SMILES string of the molecule is c1ccc(-c2ccc(-c3ccccc3-n3c4ccccc4c4c(N(c5ccc(-c6ccccc6)c(-c6ccccc6)c5)c5ccccc5-c5ccccc5)cccc43)cc2)cc1. The van der Waals surface area contributed by atoms with Gasteiger partial charge in [0.1, 0.15) is 0 Å². The van der Waals surface area contributed by atoms with E-state index in [0.717, 1.165) is 39.3 Å². The number of aromatic nitrogens is 1. The van der Waals surface area contributed by atoms with Crippen molar-refractivity contribution in [1.82, 2.24) is 4.57 Å². The van der Waals surface area contributed by atoms with Crippen LogP contribution in [0.2, 0.25) is 0 Å². The Morgan fingerprint density at radius 2 is 0.742 bits per heavy atom. The molecular weight excluding hydrogens is 749 g/mol. The third kappa shape index (κ3) is 6.65. The number of benzene rings is 10. The summed E-state index contributed by atoms with van der Waals surface area (Å²) < 4.78 is 2.46. The summed E-state index contributed by atoms with van der Waals surface area (Å²) in [5.74, 6) is 0. The fourth-order valence-electron chi connectivity index (χ4n) is 9.17. The minimum absolute atomic E-state index is 1.08. The zero-order valence-corrected chi connectivity index (χ0v) is 34.1. The van der Waals surface area contributed by atoms with Crippen molar-refractivity contribution in [3.8, 4) is 61.3 Å². The highest BCUT2D eigenvalue weighted by atomic mass is 15.2. The summed E-state index contributed by atoms with van der Waals surface area (Å²) in [6.45, 7) is 0. The first-order chi connectivity index (χ1) is 30.8. The van der Waals surface area contributed by atoms with E-state index in [0.29, 0.717) is 0 Å². The number of hydrogen-bond donors (Lipinski definition) is 0. The largest absolute Gasteiger partial charge is 0.309 e. The second kappa shape index (κ2) is 16.1. The zero-order valence-electron chi connectivity index (χ0n) is 34.1. The van der Waals surface area contributed by atoms with Crippen molar-refractivity contribution in [3.05, 3.63) is 255 Å². The molecule has 10 aromatic carbocycles. The van der Waals surface area contributed by atoms with Crippen molar-refractivity contribution in [2.75, 3.05) is 4.90 Å². The van der Waals surface area contributed by atoms with Gasteiger partial charge < -0.3 is 9.47 Å². The second-order valence-electron chi connectivity index (χ2n) is 15.7. The summed E-state index contributed by atoms with van der Waals surface area (Å²) in [4.78, 5) is 2.48. The van der Waals surface area contributed by atoms with Crippen LogP contribution in [0.5, 0.6) is 0 Å². The molecule has 11 aromatic rings. The summed E-state index contributed by atoms with van der Waals surface area (Å²) in [7, 11) is 0. The fraction of sp³-hybridized carbons (Fsp3) is 0. The van der Waals surface area contributed by atoms with Crippen LogP contribution in [0.1, 0.15) is 0 Å². The van der Waals surface area contributed by atoms with Gasteiger partial charge in [0.05, 0.1) is 28.1 Å². The molecule has 62 heavy (non-hydrogen) atoms. The topological polar surface area (TPSA) is 8.17 Å². The number of fused-ring (bicyclic) bond motifs is 3. The lowest BCUT2D eigenvalue weighted by Crippen LogP contribution is -2.12. The Hall–Kier alpha value is -8.20. The molecule has 0 radical (unpaired) electrons. The summed E-state index contributed by atoms with van der Waals surface area (Å²) >= 11 is 0. The summed E-state index contributed by atoms with van der Waals surface area (Å²) in [6.07, 6.45) is 0. The smallest absolute Gasteiger partial charge is 0.0562 e. The minimum atomic E-state index is 1.08. The van der Waals surface area contributed by atoms with Crippen molar-refractivity contribution in [2.24, 2.45) is 0 Å². The number of nitrogens with zero attached hydrogens (tertiary/aromatic N) is 2. The maximum atomic E-state index is 2.48. The number of rotatable bonds is 9. The average molecular weight is 791 g/mol. The van der Waals surface area contributed by atoms with E-state index in [1.807, 2.05) is 0 Å². The van der Waals surface area contributed by atoms with Crippen LogP contribution in [-0.2, 0) is 0 Å². The molecule has 0 saturated carbocycles. The average Bonchev–Trinajstić information content (AvgIpc) is 3.70. The van der Waals surface area contributed by atoms with Crippen molar-refractivity contribution in [2.45, 2.75) is 0 Å². The van der Waals surface area contributed by atoms with Crippen LogP contribution >= 0.6 is 0 Å². The van der Waals surface area contributed by atoms with Gasteiger partial charge in [0.2, 0.25) is 0 Å². The molecule has 0 unspecified atom stereocenters. The predicted molar refractivity (Wildman–Crippen MR) is 263 cm³/mol. The Morgan fingerprint density at radius 1 is 0.274 bits per heavy atom. The third-order valence-electron chi connectivity index (χ3n) is 12.0. The normalized spacial score (nSPS) is 11.2. The molecule has 0 amide bonds. The summed E-state index contributed by atoms with van der Waals surface area (Å²) in [5.41, 5.74) is 18.6. The molecule has 0 saturated heterocycles. The molecule has 0 bridgehead atoms. The maximum Gasteiger partial charge on any atom is 0.0562 e. The predicted octanol–water partition coefficient (Wildman–Crippen LogP) is 16.6. The molecule has 0 atom stereocenters. The van der Waals surface area contributed by atoms with E-state index >= 15 is 0 Å². The van der Waals surface area contributed by atoms with E-state index in [1.165, 1.54) is 60.8 Å². The first-order valence-corrected chi connectivity index (χ1v) is 21.3. The maximum absolute atomic E-state index is 2.48. The van der Waals surface area contributed by atoms with Gasteiger partial charge in [-0.3, -0.25) is 0 Å². The molecule has 1 aromatic heterocycles. The van der Waals surface area contributed by atoms with Gasteiger partial charge in [-0.2, -0.15) is 0 Å². The standard InChI is InChI=1S/C60H42N2/c1-5-20-43(21-6-1)44-36-38-48(39-37-44)52-29-14-17-32-56(52)62-57-33-18-15-30-53(57)60-58(34-19-35-59(60)62)61(55-31-16-13-28-51(55)46-24-9-3-10-25-46)49-40-41-50(45-22-7-2-8-23-45)54(42-49)47-26-11-4-12-27-47/h1-42H. The van der Waals surface area contributed by atoms with Crippen LogP contribution in [0.25, 0.3) is 83.1 Å². The van der Waals surface area contributed by atoms with E-state index in [1.54, 1.807) is 0 Å². The fourth-order valence-corrected chi connectivity index (χ4v) is 9.17. The summed E-state index contributed by atoms with van der Waals surface area (Å²) in [6, 6.07) is 92.1. The van der Waals surface area contributed by atoms with E-state index in [2.05, 4.69) is 264 Å². The van der Waals surface area contributed by atoms with Gasteiger partial charge >= 0.3 is 0 Å². The summed E-state index contributed by atoms with van der Waals surface area (Å²) in [5, 5.41) is 2.38. The monoisotopic (exact) mass is 790 g/mol. The van der Waals surface area contributed by atoms with Crippen molar-refractivity contribution < 1.29 is 0 Å². The number of para-hydroxylation sites is 3. The molecular formula is C60H42N2. The van der Waals surface area contributed by atoms with Crippen LogP contribution in [0.15, 0.2) is 255 Å². The zero-order chi connectivity index (χ0) is 41.2. The molecule has 0 N–H and O–H groups in total. The Bertz CT molecular complexity index is 3310. The Labute approximate surface area is 362 Å². The molecule has 0 aliphatic heterocycles. The molecule has 0 spiro atoms. The highest BCUT2D eigenvalue weighted by Crippen LogP contribution is 2.48. The van der Waals surface area contributed by atoms with Gasteiger partial charge in [0.15, 0.2) is 0 Å². The van der Waals surface area contributed by atoms with Gasteiger partial charge in [0, 0.05) is 27.6 Å². The molecule has 2 heteroatoms. The van der Waals surface area contributed by atoms with Crippen molar-refractivity contribution in [1.29, 1.82) is 0 Å². The first kappa shape index (κ1) is 36.8. The van der Waals surface area contributed by atoms with Gasteiger partial charge in [-0.15, -0.1) is 0 Å². The van der Waals surface area contributed by atoms with Crippen LogP contribution in [0.3, 0.4) is 0 Å². The highest BCUT2D eigenvalue weighted by molar-refractivity contribution is 6.17. The van der Waals surface area contributed by atoms with Gasteiger partial charge in [-0.25, -0.2) is 0 Å². The lowest BCUT2D eigenvalue weighted by atomic mass is 9.93. The number of anilines is 3. The first-order valence-electron chi connectivity index (χ1n) is 21.3. The highest BCUT2D eigenvalue weighted by Gasteiger charge is 2.25. The molecule has 1 heterocycles. The Kier molecular flexibility index (Phi) is 9.57. The second-order valence-corrected chi connectivity index (χ2v) is 15.7. The molecule has 2 nitrogen and oxygen atoms in total. The minimum Gasteiger partial charge on any atom is -0.309 e. The third-order valence-corrected chi connectivity index (χ3v) is 12.0. The Balaban J connectivity index is 1.17. The van der Waals surface area contributed by atoms with Crippen LogP contribution in [0, 0.1) is 0 Å². The molecule has 11 rings (SSSR count). The number of hydrogen-bond acceptors (Lipinski definition) is 1. The van der Waals surface area contributed by atoms with Gasteiger partial charge in [-0.05, 0) is 87.0 Å². The molecule has 0 aliphatic rings. The van der Waals surface area contributed by atoms with E-state index in [-0.39, 0.29) is 0 Å². The lowest BCUT2D eigenvalue weighted by Gasteiger charge is -2.29. The molecule has 0 fully saturated rings. The van der Waals surface area contributed by atoms with Crippen LogP contribution in [0.4, 0.5) is 17.1 Å². The van der Waals surface area contributed by atoms with Gasteiger partial charge in [-0.1, -0.05) is 212 Å². The van der Waals surface area contributed by atoms with Crippen molar-refractivity contribution >= 4 is 38.9 Å². The van der Waals surface area contributed by atoms with Crippen LogP contribution in [-0.4, -0.2) is 4.57 Å². The lowest BCUT2D eigenvalue weighted by molar-refractivity contribution is 1.18. The van der Waals surface area contributed by atoms with E-state index in [9.17, 15) is 0 Å². The molecule has 0 aliphatic carbocycles. The van der Waals surface area contributed by atoms with Gasteiger partial charge in [0.25, 0.3) is 0 Å². The van der Waals surface area contributed by atoms with Crippen molar-refractivity contribution in [3.63, 3.8) is 0 Å².